The Morgan fingerprint density at radius 3 is 2.89 bits per heavy atom. The van der Waals surface area contributed by atoms with Crippen molar-refractivity contribution in [3.8, 4) is 11.5 Å². The number of hydrogen-bond donors (Lipinski definition) is 1. The van der Waals surface area contributed by atoms with Gasteiger partial charge in [0.05, 0.1) is 11.4 Å². The summed E-state index contributed by atoms with van der Waals surface area (Å²) in [5.41, 5.74) is 0.292. The number of rotatable bonds is 4. The molecule has 0 aliphatic carbocycles. The molecule has 2 aromatic heterocycles. The number of hydrogen-bond acceptors (Lipinski definition) is 5. The van der Waals surface area contributed by atoms with Crippen LogP contribution in [0.2, 0.25) is 5.02 Å². The molecule has 1 atom stereocenters. The molecule has 0 aliphatic heterocycles. The minimum Gasteiger partial charge on any atom is -0.387 e. The van der Waals surface area contributed by atoms with Crippen LogP contribution in [0.25, 0.3) is 11.5 Å². The molecular weight excluding hydrogens is 268 g/mol. The number of alkyl halides is 2. The molecule has 0 saturated heterocycles. The molecule has 5 nitrogen and oxygen atoms in total. The summed E-state index contributed by atoms with van der Waals surface area (Å²) in [4.78, 5) is 7.79. The fourth-order valence-electron chi connectivity index (χ4n) is 1.25. The maximum atomic E-state index is 12.1. The van der Waals surface area contributed by atoms with Crippen LogP contribution in [0, 0.1) is 0 Å². The van der Waals surface area contributed by atoms with E-state index in [1.54, 1.807) is 12.1 Å². The van der Waals surface area contributed by atoms with Crippen LogP contribution in [-0.2, 0) is 6.42 Å². The number of nitrogens with zero attached hydrogens (tertiary/aromatic N) is 3. The third-order valence-electron chi connectivity index (χ3n) is 2.11. The molecule has 96 valence electrons. The van der Waals surface area contributed by atoms with Crippen LogP contribution < -0.4 is 0 Å². The van der Waals surface area contributed by atoms with Gasteiger partial charge in [-0.25, -0.2) is 8.78 Å². The van der Waals surface area contributed by atoms with Crippen LogP contribution in [-0.4, -0.2) is 32.8 Å². The summed E-state index contributed by atoms with van der Waals surface area (Å²) in [6.45, 7) is 0. The van der Waals surface area contributed by atoms with Gasteiger partial charge in [-0.1, -0.05) is 16.8 Å². The van der Waals surface area contributed by atoms with Gasteiger partial charge in [-0.3, -0.25) is 4.98 Å². The predicted molar refractivity (Wildman–Crippen MR) is 58.3 cm³/mol. The van der Waals surface area contributed by atoms with Gasteiger partial charge in [0.2, 0.25) is 11.7 Å². The van der Waals surface area contributed by atoms with Crippen LogP contribution in [0.5, 0.6) is 0 Å². The van der Waals surface area contributed by atoms with Gasteiger partial charge in [0, 0.05) is 6.20 Å². The highest BCUT2D eigenvalue weighted by atomic mass is 35.5. The molecule has 1 unspecified atom stereocenters. The van der Waals surface area contributed by atoms with E-state index in [-0.39, 0.29) is 11.7 Å². The maximum absolute atomic E-state index is 12.1. The van der Waals surface area contributed by atoms with Crippen molar-refractivity contribution in [2.24, 2.45) is 0 Å². The van der Waals surface area contributed by atoms with Gasteiger partial charge >= 0.3 is 0 Å². The van der Waals surface area contributed by atoms with Crippen molar-refractivity contribution < 1.29 is 18.4 Å². The predicted octanol–water partition coefficient (Wildman–Crippen LogP) is 1.95. The van der Waals surface area contributed by atoms with Crippen molar-refractivity contribution in [2.45, 2.75) is 19.0 Å². The lowest BCUT2D eigenvalue weighted by Crippen LogP contribution is -2.20. The average molecular weight is 276 g/mol. The number of halogens is 3. The zero-order valence-corrected chi connectivity index (χ0v) is 9.68. The van der Waals surface area contributed by atoms with E-state index in [9.17, 15) is 8.78 Å². The third-order valence-corrected chi connectivity index (χ3v) is 2.42. The van der Waals surface area contributed by atoms with Crippen LogP contribution >= 0.6 is 11.6 Å². The Kier molecular flexibility index (Phi) is 3.83. The molecule has 0 fully saturated rings. The fraction of sp³-hybridized carbons (Fsp3) is 0.300. The molecule has 0 aromatic carbocycles. The minimum absolute atomic E-state index is 0.0945. The van der Waals surface area contributed by atoms with E-state index in [1.807, 2.05) is 0 Å². The lowest BCUT2D eigenvalue weighted by molar-refractivity contribution is -0.00754. The van der Waals surface area contributed by atoms with Gasteiger partial charge in [-0.2, -0.15) is 4.98 Å². The summed E-state index contributed by atoms with van der Waals surface area (Å²) in [6, 6.07) is 3.22. The number of aliphatic hydroxyl groups excluding tert-OH is 1. The molecule has 18 heavy (non-hydrogen) atoms. The van der Waals surface area contributed by atoms with Gasteiger partial charge in [0.25, 0.3) is 6.43 Å². The van der Waals surface area contributed by atoms with Crippen molar-refractivity contribution in [1.82, 2.24) is 15.1 Å². The van der Waals surface area contributed by atoms with Gasteiger partial charge in [-0.15, -0.1) is 0 Å². The Hall–Kier alpha value is -1.60. The van der Waals surface area contributed by atoms with E-state index in [4.69, 9.17) is 21.2 Å². The molecule has 2 aromatic rings. The van der Waals surface area contributed by atoms with Crippen molar-refractivity contribution in [3.63, 3.8) is 0 Å². The summed E-state index contributed by atoms with van der Waals surface area (Å²) in [5.74, 6) is -0.00316. The summed E-state index contributed by atoms with van der Waals surface area (Å²) < 4.78 is 29.0. The lowest BCUT2D eigenvalue weighted by atomic mass is 10.2. The third kappa shape index (κ3) is 2.80. The van der Waals surface area contributed by atoms with Crippen molar-refractivity contribution in [1.29, 1.82) is 0 Å². The Balaban J connectivity index is 2.18. The highest BCUT2D eigenvalue weighted by Gasteiger charge is 2.21. The van der Waals surface area contributed by atoms with Gasteiger partial charge in [0.15, 0.2) is 0 Å². The number of pyridine rings is 1. The van der Waals surface area contributed by atoms with Gasteiger partial charge in [0.1, 0.15) is 11.8 Å². The first-order chi connectivity index (χ1) is 8.58. The van der Waals surface area contributed by atoms with E-state index in [0.717, 1.165) is 0 Å². The van der Waals surface area contributed by atoms with Crippen LogP contribution in [0.15, 0.2) is 22.9 Å². The summed E-state index contributed by atoms with van der Waals surface area (Å²) >= 11 is 5.87. The molecule has 0 saturated carbocycles. The summed E-state index contributed by atoms with van der Waals surface area (Å²) in [7, 11) is 0. The zero-order valence-electron chi connectivity index (χ0n) is 8.92. The second kappa shape index (κ2) is 5.36. The van der Waals surface area contributed by atoms with E-state index in [0.29, 0.717) is 10.7 Å². The number of aromatic nitrogens is 3. The van der Waals surface area contributed by atoms with Crippen molar-refractivity contribution >= 4 is 11.6 Å². The molecule has 0 amide bonds. The molecule has 0 radical (unpaired) electrons. The van der Waals surface area contributed by atoms with Gasteiger partial charge in [-0.05, 0) is 12.1 Å². The molecule has 0 aliphatic rings. The normalized spacial score (nSPS) is 12.9. The Labute approximate surface area is 105 Å². The first-order valence-electron chi connectivity index (χ1n) is 4.97. The molecule has 1 N–H and O–H groups in total. The van der Waals surface area contributed by atoms with E-state index in [2.05, 4.69) is 15.1 Å². The van der Waals surface area contributed by atoms with Crippen molar-refractivity contribution in [2.75, 3.05) is 0 Å². The topological polar surface area (TPSA) is 72.0 Å². The molecule has 0 spiro atoms. The SMILES string of the molecule is OC(Cc1nc(-c2ncccc2Cl)no1)C(F)F. The first kappa shape index (κ1) is 12.8. The van der Waals surface area contributed by atoms with Crippen LogP contribution in [0.1, 0.15) is 5.89 Å². The van der Waals surface area contributed by atoms with Crippen LogP contribution in [0.4, 0.5) is 8.78 Å². The molecule has 2 rings (SSSR count). The molecule has 8 heteroatoms. The van der Waals surface area contributed by atoms with E-state index >= 15 is 0 Å². The van der Waals surface area contributed by atoms with Gasteiger partial charge < -0.3 is 9.63 Å². The summed E-state index contributed by atoms with van der Waals surface area (Å²) in [5, 5.41) is 12.9. The van der Waals surface area contributed by atoms with E-state index < -0.39 is 19.0 Å². The average Bonchev–Trinajstić information content (AvgIpc) is 2.77. The number of aliphatic hydroxyl groups is 1. The Morgan fingerprint density at radius 2 is 2.22 bits per heavy atom. The standard InChI is InChI=1S/C10H8ClF2N3O2/c11-5-2-1-3-14-8(5)10-15-7(18-16-10)4-6(17)9(12)13/h1-3,6,9,17H,4H2. The lowest BCUT2D eigenvalue weighted by Gasteiger charge is -2.04. The Morgan fingerprint density at radius 1 is 1.44 bits per heavy atom. The quantitative estimate of drug-likeness (QED) is 0.923. The second-order valence-corrected chi connectivity index (χ2v) is 3.86. The highest BCUT2D eigenvalue weighted by Crippen LogP contribution is 2.22. The molecule has 0 bridgehead atoms. The van der Waals surface area contributed by atoms with Crippen molar-refractivity contribution in [3.05, 3.63) is 29.2 Å². The molecular formula is C10H8ClF2N3O2. The highest BCUT2D eigenvalue weighted by molar-refractivity contribution is 6.32. The fourth-order valence-corrected chi connectivity index (χ4v) is 1.46. The maximum Gasteiger partial charge on any atom is 0.264 e. The smallest absolute Gasteiger partial charge is 0.264 e. The largest absolute Gasteiger partial charge is 0.387 e. The first-order valence-corrected chi connectivity index (χ1v) is 5.35. The monoisotopic (exact) mass is 275 g/mol. The van der Waals surface area contributed by atoms with E-state index in [1.165, 1.54) is 6.20 Å². The summed E-state index contributed by atoms with van der Waals surface area (Å²) in [6.07, 6.45) is -3.63. The van der Waals surface area contributed by atoms with Crippen LogP contribution in [0.3, 0.4) is 0 Å². The molecule has 2 heterocycles. The second-order valence-electron chi connectivity index (χ2n) is 3.45. The minimum atomic E-state index is -2.86. The Bertz CT molecular complexity index is 535. The zero-order chi connectivity index (χ0) is 13.1.